The lowest BCUT2D eigenvalue weighted by Crippen LogP contribution is -2.35. The average Bonchev–Trinajstić information content (AvgIpc) is 2.60. The second kappa shape index (κ2) is 9.04. The van der Waals surface area contributed by atoms with E-state index in [1.807, 2.05) is 63.2 Å². The summed E-state index contributed by atoms with van der Waals surface area (Å²) in [6, 6.07) is 15.4. The maximum absolute atomic E-state index is 12.3. The summed E-state index contributed by atoms with van der Waals surface area (Å²) >= 11 is 0. The van der Waals surface area contributed by atoms with E-state index in [1.54, 1.807) is 6.07 Å². The van der Waals surface area contributed by atoms with Gasteiger partial charge in [0.05, 0.1) is 11.9 Å². The van der Waals surface area contributed by atoms with Gasteiger partial charge in [-0.25, -0.2) is 8.42 Å². The van der Waals surface area contributed by atoms with Crippen LogP contribution in [0.4, 0.5) is 5.69 Å². The fourth-order valence-electron chi connectivity index (χ4n) is 2.87. The van der Waals surface area contributed by atoms with Crippen LogP contribution in [0.15, 0.2) is 48.5 Å². The first-order chi connectivity index (χ1) is 12.7. The second-order valence-electron chi connectivity index (χ2n) is 7.06. The average molecular weight is 389 g/mol. The Labute approximate surface area is 162 Å². The highest BCUT2D eigenvalue weighted by Gasteiger charge is 2.22. The highest BCUT2D eigenvalue weighted by atomic mass is 32.2. The van der Waals surface area contributed by atoms with Crippen molar-refractivity contribution in [3.8, 4) is 0 Å². The Morgan fingerprint density at radius 3 is 2.30 bits per heavy atom. The molecule has 5 nitrogen and oxygen atoms in total. The molecule has 27 heavy (non-hydrogen) atoms. The van der Waals surface area contributed by atoms with Crippen LogP contribution < -0.4 is 9.62 Å². The summed E-state index contributed by atoms with van der Waals surface area (Å²) in [6.07, 6.45) is 1.28. The maximum atomic E-state index is 12.3. The molecule has 0 bridgehead atoms. The lowest BCUT2D eigenvalue weighted by atomic mass is 10.0. The Morgan fingerprint density at radius 1 is 1.07 bits per heavy atom. The zero-order chi connectivity index (χ0) is 20.0. The zero-order valence-corrected chi connectivity index (χ0v) is 17.2. The van der Waals surface area contributed by atoms with Crippen molar-refractivity contribution in [2.24, 2.45) is 0 Å². The Balaban J connectivity index is 2.05. The molecular weight excluding hydrogens is 360 g/mol. The summed E-state index contributed by atoms with van der Waals surface area (Å²) in [5.74, 6) is 0.00654. The summed E-state index contributed by atoms with van der Waals surface area (Å²) < 4.78 is 26.0. The van der Waals surface area contributed by atoms with Crippen molar-refractivity contribution in [1.29, 1.82) is 0 Å². The number of carbonyl (C=O) groups is 1. The summed E-state index contributed by atoms with van der Waals surface area (Å²) in [5.41, 5.74) is 3.76. The van der Waals surface area contributed by atoms with Crippen molar-refractivity contribution in [2.45, 2.75) is 39.7 Å². The van der Waals surface area contributed by atoms with Crippen LogP contribution in [0.2, 0.25) is 0 Å². The molecule has 2 rings (SSSR count). The van der Waals surface area contributed by atoms with E-state index in [1.165, 1.54) is 10.6 Å². The van der Waals surface area contributed by atoms with E-state index < -0.39 is 10.0 Å². The first kappa shape index (κ1) is 21.0. The van der Waals surface area contributed by atoms with E-state index in [9.17, 15) is 13.2 Å². The van der Waals surface area contributed by atoms with Crippen LogP contribution in [-0.2, 0) is 21.4 Å². The number of benzene rings is 2. The predicted octanol–water partition coefficient (Wildman–Crippen LogP) is 3.59. The van der Waals surface area contributed by atoms with Crippen LogP contribution >= 0.6 is 0 Å². The smallest absolute Gasteiger partial charge is 0.232 e. The summed E-state index contributed by atoms with van der Waals surface area (Å²) in [5, 5.41) is 2.85. The molecule has 2 aromatic rings. The third-order valence-electron chi connectivity index (χ3n) is 4.38. The second-order valence-corrected chi connectivity index (χ2v) is 8.97. The highest BCUT2D eigenvalue weighted by molar-refractivity contribution is 7.92. The van der Waals surface area contributed by atoms with E-state index in [4.69, 9.17) is 0 Å². The lowest BCUT2D eigenvalue weighted by Gasteiger charge is -2.26. The van der Waals surface area contributed by atoms with Crippen LogP contribution in [0.5, 0.6) is 0 Å². The van der Waals surface area contributed by atoms with E-state index in [-0.39, 0.29) is 24.8 Å². The Bertz CT molecular complexity index is 875. The first-order valence-corrected chi connectivity index (χ1v) is 10.9. The normalized spacial score (nSPS) is 11.4. The molecule has 0 fully saturated rings. The number of carbonyl (C=O) groups excluding carboxylic acids is 1. The van der Waals surface area contributed by atoms with Gasteiger partial charge < -0.3 is 5.32 Å². The molecular formula is C21H28N2O3S. The van der Waals surface area contributed by atoms with Gasteiger partial charge >= 0.3 is 0 Å². The minimum absolute atomic E-state index is 0.103. The van der Waals surface area contributed by atoms with Crippen molar-refractivity contribution in [3.05, 3.63) is 65.2 Å². The standard InChI is InChI=1S/C21H28N2O3S/c1-16(2)19-7-5-6-8-20(19)23(27(4,25)26)14-13-21(24)22-15-18-11-9-17(3)10-12-18/h5-12,16H,13-15H2,1-4H3,(H,22,24). The number of rotatable bonds is 8. The Kier molecular flexibility index (Phi) is 7.02. The maximum Gasteiger partial charge on any atom is 0.232 e. The third-order valence-corrected chi connectivity index (χ3v) is 5.56. The van der Waals surface area contributed by atoms with Crippen molar-refractivity contribution in [2.75, 3.05) is 17.1 Å². The number of hydrogen-bond acceptors (Lipinski definition) is 3. The minimum Gasteiger partial charge on any atom is -0.352 e. The van der Waals surface area contributed by atoms with E-state index in [0.717, 1.165) is 16.7 Å². The van der Waals surface area contributed by atoms with Crippen LogP contribution in [-0.4, -0.2) is 27.1 Å². The third kappa shape index (κ3) is 6.10. The molecule has 146 valence electrons. The van der Waals surface area contributed by atoms with E-state index in [2.05, 4.69) is 5.32 Å². The van der Waals surface area contributed by atoms with Gasteiger partial charge in [-0.05, 0) is 30.0 Å². The Hall–Kier alpha value is -2.34. The topological polar surface area (TPSA) is 66.5 Å². The molecule has 0 aliphatic carbocycles. The fourth-order valence-corrected chi connectivity index (χ4v) is 3.81. The molecule has 0 atom stereocenters. The van der Waals surface area contributed by atoms with Gasteiger partial charge in [0.1, 0.15) is 0 Å². The number of nitrogens with one attached hydrogen (secondary N) is 1. The molecule has 0 aromatic heterocycles. The molecule has 0 saturated carbocycles. The van der Waals surface area contributed by atoms with Crippen molar-refractivity contribution in [1.82, 2.24) is 5.32 Å². The van der Waals surface area contributed by atoms with Crippen molar-refractivity contribution < 1.29 is 13.2 Å². The molecule has 0 heterocycles. The molecule has 1 amide bonds. The molecule has 0 saturated heterocycles. The molecule has 0 aliphatic heterocycles. The van der Waals surface area contributed by atoms with Crippen LogP contribution in [0, 0.1) is 6.92 Å². The quantitative estimate of drug-likeness (QED) is 0.751. The summed E-state index contributed by atoms with van der Waals surface area (Å²) in [7, 11) is -3.49. The fraction of sp³-hybridized carbons (Fsp3) is 0.381. The number of para-hydroxylation sites is 1. The highest BCUT2D eigenvalue weighted by Crippen LogP contribution is 2.29. The van der Waals surface area contributed by atoms with Gasteiger partial charge in [-0.3, -0.25) is 9.10 Å². The van der Waals surface area contributed by atoms with Crippen LogP contribution in [0.1, 0.15) is 42.9 Å². The molecule has 2 aromatic carbocycles. The van der Waals surface area contributed by atoms with E-state index >= 15 is 0 Å². The molecule has 6 heteroatoms. The molecule has 0 aliphatic rings. The first-order valence-electron chi connectivity index (χ1n) is 9.07. The van der Waals surface area contributed by atoms with Gasteiger partial charge in [0.25, 0.3) is 0 Å². The van der Waals surface area contributed by atoms with Gasteiger partial charge in [0, 0.05) is 19.5 Å². The largest absolute Gasteiger partial charge is 0.352 e. The number of amides is 1. The molecule has 1 N–H and O–H groups in total. The Morgan fingerprint density at radius 2 is 1.70 bits per heavy atom. The monoisotopic (exact) mass is 388 g/mol. The zero-order valence-electron chi connectivity index (χ0n) is 16.4. The van der Waals surface area contributed by atoms with Gasteiger partial charge in [-0.2, -0.15) is 0 Å². The van der Waals surface area contributed by atoms with Gasteiger partial charge in [-0.1, -0.05) is 61.9 Å². The van der Waals surface area contributed by atoms with E-state index in [0.29, 0.717) is 12.2 Å². The SMILES string of the molecule is Cc1ccc(CNC(=O)CCN(c2ccccc2C(C)C)S(C)(=O)=O)cc1. The van der Waals surface area contributed by atoms with Gasteiger partial charge in [0.2, 0.25) is 15.9 Å². The van der Waals surface area contributed by atoms with Crippen molar-refractivity contribution in [3.63, 3.8) is 0 Å². The number of hydrogen-bond donors (Lipinski definition) is 1. The predicted molar refractivity (Wildman–Crippen MR) is 110 cm³/mol. The van der Waals surface area contributed by atoms with Crippen LogP contribution in [0.3, 0.4) is 0 Å². The summed E-state index contributed by atoms with van der Waals surface area (Å²) in [4.78, 5) is 12.2. The van der Waals surface area contributed by atoms with Gasteiger partial charge in [0.15, 0.2) is 0 Å². The number of anilines is 1. The van der Waals surface area contributed by atoms with Crippen molar-refractivity contribution >= 4 is 21.6 Å². The minimum atomic E-state index is -3.49. The molecule has 0 unspecified atom stereocenters. The molecule has 0 spiro atoms. The molecule has 0 radical (unpaired) electrons. The van der Waals surface area contributed by atoms with Gasteiger partial charge in [-0.15, -0.1) is 0 Å². The summed E-state index contributed by atoms with van der Waals surface area (Å²) in [6.45, 7) is 6.60. The number of aryl methyl sites for hydroxylation is 1. The lowest BCUT2D eigenvalue weighted by molar-refractivity contribution is -0.121. The van der Waals surface area contributed by atoms with Crippen LogP contribution in [0.25, 0.3) is 0 Å². The number of nitrogens with zero attached hydrogens (tertiary/aromatic N) is 1. The number of sulfonamides is 1.